The lowest BCUT2D eigenvalue weighted by Gasteiger charge is -2.14. The minimum Gasteiger partial charge on any atom is -0.497 e. The second-order valence-electron chi connectivity index (χ2n) is 7.05. The molecule has 6 nitrogen and oxygen atoms in total. The van der Waals surface area contributed by atoms with Crippen molar-refractivity contribution in [1.82, 2.24) is 15.1 Å². The van der Waals surface area contributed by atoms with Crippen LogP contribution in [0.4, 0.5) is 26.3 Å². The summed E-state index contributed by atoms with van der Waals surface area (Å²) >= 11 is 0. The largest absolute Gasteiger partial charge is 0.497 e. The number of hydrogen-bond acceptors (Lipinski definition) is 4. The SMILES string of the molecule is COc1ccc(CCNC(=O)c2cnn(-c3cccc(C(F)(F)F)c3)c2C(F)(F)F)c(OC)c1. The summed E-state index contributed by atoms with van der Waals surface area (Å²) in [6.07, 6.45) is -8.91. The summed E-state index contributed by atoms with van der Waals surface area (Å²) in [4.78, 5) is 12.5. The monoisotopic (exact) mass is 487 g/mol. The lowest BCUT2D eigenvalue weighted by atomic mass is 10.1. The van der Waals surface area contributed by atoms with Gasteiger partial charge in [0.25, 0.3) is 5.91 Å². The molecule has 1 amide bonds. The minimum atomic E-state index is -5.06. The highest BCUT2D eigenvalue weighted by atomic mass is 19.4. The third-order valence-corrected chi connectivity index (χ3v) is 4.87. The smallest absolute Gasteiger partial charge is 0.434 e. The highest BCUT2D eigenvalue weighted by Crippen LogP contribution is 2.35. The molecule has 3 aromatic rings. The van der Waals surface area contributed by atoms with Crippen molar-refractivity contribution >= 4 is 5.91 Å². The number of amides is 1. The summed E-state index contributed by atoms with van der Waals surface area (Å²) in [7, 11) is 2.92. The molecule has 1 N–H and O–H groups in total. The molecule has 0 fully saturated rings. The van der Waals surface area contributed by atoms with Crippen molar-refractivity contribution in [3.05, 3.63) is 71.0 Å². The van der Waals surface area contributed by atoms with Crippen LogP contribution in [0, 0.1) is 0 Å². The number of carbonyl (C=O) groups is 1. The van der Waals surface area contributed by atoms with Crippen LogP contribution in [-0.2, 0) is 18.8 Å². The fourth-order valence-corrected chi connectivity index (χ4v) is 3.26. The molecule has 2 aromatic carbocycles. The van der Waals surface area contributed by atoms with Gasteiger partial charge in [-0.15, -0.1) is 0 Å². The molecule has 3 rings (SSSR count). The van der Waals surface area contributed by atoms with Crippen LogP contribution >= 0.6 is 0 Å². The molecule has 34 heavy (non-hydrogen) atoms. The number of rotatable bonds is 7. The number of nitrogens with zero attached hydrogens (tertiary/aromatic N) is 2. The van der Waals surface area contributed by atoms with Gasteiger partial charge in [0, 0.05) is 12.6 Å². The van der Waals surface area contributed by atoms with Gasteiger partial charge in [-0.2, -0.15) is 31.4 Å². The van der Waals surface area contributed by atoms with E-state index in [0.29, 0.717) is 29.3 Å². The Balaban J connectivity index is 1.84. The second-order valence-corrected chi connectivity index (χ2v) is 7.05. The fraction of sp³-hybridized carbons (Fsp3) is 0.273. The summed E-state index contributed by atoms with van der Waals surface area (Å²) in [6, 6.07) is 8.23. The van der Waals surface area contributed by atoms with Crippen molar-refractivity contribution in [1.29, 1.82) is 0 Å². The molecule has 0 aliphatic carbocycles. The fourth-order valence-electron chi connectivity index (χ4n) is 3.26. The topological polar surface area (TPSA) is 65.4 Å². The average molecular weight is 487 g/mol. The van der Waals surface area contributed by atoms with Gasteiger partial charge in [0.15, 0.2) is 5.69 Å². The summed E-state index contributed by atoms with van der Waals surface area (Å²) in [5.74, 6) is -0.0542. The Bertz CT molecular complexity index is 1170. The maximum Gasteiger partial charge on any atom is 0.434 e. The quantitative estimate of drug-likeness (QED) is 0.482. The Morgan fingerprint density at radius 2 is 1.74 bits per heavy atom. The van der Waals surface area contributed by atoms with Gasteiger partial charge in [-0.25, -0.2) is 4.68 Å². The number of nitrogens with one attached hydrogen (secondary N) is 1. The number of aromatic nitrogens is 2. The van der Waals surface area contributed by atoms with E-state index in [2.05, 4.69) is 10.4 Å². The molecule has 182 valence electrons. The lowest BCUT2D eigenvalue weighted by molar-refractivity contribution is -0.143. The summed E-state index contributed by atoms with van der Waals surface area (Å²) in [5, 5.41) is 5.93. The van der Waals surface area contributed by atoms with Crippen LogP contribution in [0.25, 0.3) is 5.69 Å². The van der Waals surface area contributed by atoms with Crippen LogP contribution in [-0.4, -0.2) is 36.5 Å². The second kappa shape index (κ2) is 9.65. The molecule has 0 bridgehead atoms. The standard InChI is InChI=1S/C22H19F6N3O3/c1-33-16-7-6-13(18(11-16)34-2)8-9-29-20(32)17-12-30-31(19(17)22(26,27)28)15-5-3-4-14(10-15)21(23,24)25/h3-7,10-12H,8-9H2,1-2H3,(H,29,32). The van der Waals surface area contributed by atoms with Crippen molar-refractivity contribution in [2.24, 2.45) is 0 Å². The van der Waals surface area contributed by atoms with Gasteiger partial charge in [-0.3, -0.25) is 4.79 Å². The number of methoxy groups -OCH3 is 2. The van der Waals surface area contributed by atoms with Gasteiger partial charge in [-0.05, 0) is 36.2 Å². The maximum atomic E-state index is 13.8. The zero-order chi connectivity index (χ0) is 25.1. The van der Waals surface area contributed by atoms with E-state index in [9.17, 15) is 31.1 Å². The van der Waals surface area contributed by atoms with E-state index in [-0.39, 0.29) is 17.6 Å². The first-order valence-corrected chi connectivity index (χ1v) is 9.77. The van der Waals surface area contributed by atoms with Gasteiger partial charge in [0.2, 0.25) is 0 Å². The predicted octanol–water partition coefficient (Wildman–Crippen LogP) is 4.90. The summed E-state index contributed by atoms with van der Waals surface area (Å²) in [5.41, 5.74) is -3.24. The molecular weight excluding hydrogens is 468 g/mol. The number of ether oxygens (including phenoxy) is 2. The zero-order valence-corrected chi connectivity index (χ0v) is 17.9. The van der Waals surface area contributed by atoms with Gasteiger partial charge in [-0.1, -0.05) is 12.1 Å². The Morgan fingerprint density at radius 1 is 1.00 bits per heavy atom. The third-order valence-electron chi connectivity index (χ3n) is 4.87. The molecule has 12 heteroatoms. The molecule has 0 aliphatic heterocycles. The van der Waals surface area contributed by atoms with Crippen LogP contribution in [0.2, 0.25) is 0 Å². The summed E-state index contributed by atoms with van der Waals surface area (Å²) in [6.45, 7) is -0.0342. The van der Waals surface area contributed by atoms with Gasteiger partial charge in [0.05, 0.1) is 37.2 Å². The highest BCUT2D eigenvalue weighted by Gasteiger charge is 2.41. The van der Waals surface area contributed by atoms with Crippen LogP contribution in [0.15, 0.2) is 48.7 Å². The van der Waals surface area contributed by atoms with Gasteiger partial charge in [0.1, 0.15) is 11.5 Å². The van der Waals surface area contributed by atoms with E-state index < -0.39 is 40.8 Å². The van der Waals surface area contributed by atoms with Gasteiger partial charge < -0.3 is 14.8 Å². The Morgan fingerprint density at radius 3 is 2.35 bits per heavy atom. The third kappa shape index (κ3) is 5.43. The lowest BCUT2D eigenvalue weighted by Crippen LogP contribution is -2.28. The van der Waals surface area contributed by atoms with E-state index in [4.69, 9.17) is 9.47 Å². The number of halogens is 6. The highest BCUT2D eigenvalue weighted by molar-refractivity contribution is 5.95. The molecule has 0 saturated carbocycles. The van der Waals surface area contributed by atoms with Crippen molar-refractivity contribution in [2.45, 2.75) is 18.8 Å². The molecule has 1 heterocycles. The van der Waals surface area contributed by atoms with E-state index in [0.717, 1.165) is 18.2 Å². The molecule has 0 spiro atoms. The Hall–Kier alpha value is -3.70. The molecule has 1 aromatic heterocycles. The molecular formula is C22H19F6N3O3. The summed E-state index contributed by atoms with van der Waals surface area (Å²) < 4.78 is 91.0. The van der Waals surface area contributed by atoms with E-state index in [1.165, 1.54) is 14.2 Å². The van der Waals surface area contributed by atoms with Crippen LogP contribution in [0.3, 0.4) is 0 Å². The Kier molecular flexibility index (Phi) is 7.08. The van der Waals surface area contributed by atoms with E-state index in [1.54, 1.807) is 18.2 Å². The number of hydrogen-bond donors (Lipinski definition) is 1. The first-order chi connectivity index (χ1) is 16.0. The minimum absolute atomic E-state index is 0.0342. The van der Waals surface area contributed by atoms with Crippen LogP contribution in [0.5, 0.6) is 11.5 Å². The number of carbonyl (C=O) groups excluding carboxylic acids is 1. The van der Waals surface area contributed by atoms with Gasteiger partial charge >= 0.3 is 12.4 Å². The molecule has 0 unspecified atom stereocenters. The van der Waals surface area contributed by atoms with Crippen LogP contribution < -0.4 is 14.8 Å². The normalized spacial score (nSPS) is 11.9. The molecule has 0 aliphatic rings. The first-order valence-electron chi connectivity index (χ1n) is 9.77. The Labute approximate surface area is 190 Å². The van der Waals surface area contributed by atoms with E-state index >= 15 is 0 Å². The number of benzene rings is 2. The first kappa shape index (κ1) is 24.9. The van der Waals surface area contributed by atoms with Crippen molar-refractivity contribution in [2.75, 3.05) is 20.8 Å². The average Bonchev–Trinajstić information content (AvgIpc) is 3.25. The van der Waals surface area contributed by atoms with E-state index in [1.807, 2.05) is 0 Å². The molecule has 0 radical (unpaired) electrons. The molecule has 0 saturated heterocycles. The van der Waals surface area contributed by atoms with Crippen molar-refractivity contribution in [3.8, 4) is 17.2 Å². The predicted molar refractivity (Wildman–Crippen MR) is 109 cm³/mol. The zero-order valence-electron chi connectivity index (χ0n) is 17.9. The van der Waals surface area contributed by atoms with Crippen molar-refractivity contribution < 1.29 is 40.6 Å². The van der Waals surface area contributed by atoms with Crippen LogP contribution in [0.1, 0.15) is 27.2 Å². The molecule has 0 atom stereocenters. The number of alkyl halides is 6. The van der Waals surface area contributed by atoms with Crippen molar-refractivity contribution in [3.63, 3.8) is 0 Å². The maximum absolute atomic E-state index is 13.8.